The molecule has 1 amide bonds. The number of rotatable bonds is 9. The van der Waals surface area contributed by atoms with Gasteiger partial charge in [-0.05, 0) is 57.5 Å². The van der Waals surface area contributed by atoms with Crippen LogP contribution in [0.2, 0.25) is 0 Å². The van der Waals surface area contributed by atoms with Gasteiger partial charge >= 0.3 is 6.61 Å². The quantitative estimate of drug-likeness (QED) is 0.555. The van der Waals surface area contributed by atoms with Crippen molar-refractivity contribution in [1.29, 1.82) is 0 Å². The summed E-state index contributed by atoms with van der Waals surface area (Å²) in [6, 6.07) is 2.29. The second-order valence-electron chi connectivity index (χ2n) is 11.1. The SMILES string of the molecule is CC(=O)NC1CCC(CCN2CCCN(c3cc(CCOC(F)F)nc(C(C)(C)C)n3)CC2)CC1. The summed E-state index contributed by atoms with van der Waals surface area (Å²) >= 11 is 0. The molecule has 0 atom stereocenters. The third kappa shape index (κ3) is 9.26. The maximum absolute atomic E-state index is 12.4. The molecule has 7 nitrogen and oxygen atoms in total. The molecule has 2 aliphatic rings. The van der Waals surface area contributed by atoms with Crippen molar-refractivity contribution in [2.45, 2.75) is 90.7 Å². The van der Waals surface area contributed by atoms with Gasteiger partial charge in [0.15, 0.2) is 0 Å². The molecule has 0 unspecified atom stereocenters. The van der Waals surface area contributed by atoms with Gasteiger partial charge in [0.2, 0.25) is 5.91 Å². The standard InChI is InChI=1S/C26H43F2N5O2/c1-19(34)29-21-8-6-20(7-9-21)10-14-32-12-5-13-33(16-15-32)23-18-22(11-17-35-25(27)28)30-24(31-23)26(2,3)4/h18,20-21,25H,5-17H2,1-4H3,(H,29,34). The van der Waals surface area contributed by atoms with Crippen LogP contribution in [0.1, 0.15) is 77.7 Å². The van der Waals surface area contributed by atoms with Crippen LogP contribution in [0.5, 0.6) is 0 Å². The van der Waals surface area contributed by atoms with E-state index < -0.39 is 6.61 Å². The summed E-state index contributed by atoms with van der Waals surface area (Å²) in [5.41, 5.74) is 0.516. The van der Waals surface area contributed by atoms with E-state index >= 15 is 0 Å². The van der Waals surface area contributed by atoms with Crippen molar-refractivity contribution < 1.29 is 18.3 Å². The minimum atomic E-state index is -2.76. The number of nitrogens with one attached hydrogen (secondary N) is 1. The molecular weight excluding hydrogens is 452 g/mol. The van der Waals surface area contributed by atoms with Crippen molar-refractivity contribution >= 4 is 11.7 Å². The molecule has 0 radical (unpaired) electrons. The second kappa shape index (κ2) is 12.9. The van der Waals surface area contributed by atoms with E-state index in [4.69, 9.17) is 4.98 Å². The molecule has 2 heterocycles. The number of ether oxygens (including phenoxy) is 1. The number of alkyl halides is 2. The van der Waals surface area contributed by atoms with Gasteiger partial charge in [-0.15, -0.1) is 0 Å². The topological polar surface area (TPSA) is 70.6 Å². The van der Waals surface area contributed by atoms with Gasteiger partial charge in [-0.1, -0.05) is 20.8 Å². The van der Waals surface area contributed by atoms with Crippen molar-refractivity contribution in [1.82, 2.24) is 20.2 Å². The van der Waals surface area contributed by atoms with Crippen molar-refractivity contribution in [3.8, 4) is 0 Å². The minimum Gasteiger partial charge on any atom is -0.355 e. The number of carbonyl (C=O) groups excluding carboxylic acids is 1. The van der Waals surface area contributed by atoms with Crippen LogP contribution >= 0.6 is 0 Å². The molecule has 1 aliphatic carbocycles. The van der Waals surface area contributed by atoms with Gasteiger partial charge in [-0.3, -0.25) is 4.79 Å². The molecule has 35 heavy (non-hydrogen) atoms. The first-order chi connectivity index (χ1) is 16.6. The van der Waals surface area contributed by atoms with Crippen LogP contribution in [0.4, 0.5) is 14.6 Å². The van der Waals surface area contributed by atoms with Crippen molar-refractivity contribution in [2.75, 3.05) is 44.2 Å². The van der Waals surface area contributed by atoms with Gasteiger partial charge in [-0.25, -0.2) is 9.97 Å². The molecule has 0 spiro atoms. The number of halogens is 2. The Labute approximate surface area is 209 Å². The monoisotopic (exact) mass is 495 g/mol. The Morgan fingerprint density at radius 2 is 1.89 bits per heavy atom. The van der Waals surface area contributed by atoms with Gasteiger partial charge in [0.25, 0.3) is 0 Å². The van der Waals surface area contributed by atoms with Gasteiger partial charge < -0.3 is 19.9 Å². The van der Waals surface area contributed by atoms with Crippen LogP contribution in [-0.2, 0) is 21.4 Å². The average molecular weight is 496 g/mol. The van der Waals surface area contributed by atoms with Crippen LogP contribution < -0.4 is 10.2 Å². The predicted octanol–water partition coefficient (Wildman–Crippen LogP) is 4.15. The van der Waals surface area contributed by atoms with Crippen molar-refractivity contribution in [2.24, 2.45) is 5.92 Å². The molecule has 198 valence electrons. The largest absolute Gasteiger partial charge is 0.355 e. The van der Waals surface area contributed by atoms with Crippen LogP contribution in [0.3, 0.4) is 0 Å². The summed E-state index contributed by atoms with van der Waals surface area (Å²) in [5, 5.41) is 3.06. The zero-order valence-corrected chi connectivity index (χ0v) is 21.9. The number of aromatic nitrogens is 2. The zero-order valence-electron chi connectivity index (χ0n) is 21.9. The summed E-state index contributed by atoms with van der Waals surface area (Å²) in [7, 11) is 0. The van der Waals surface area contributed by atoms with E-state index in [0.717, 1.165) is 75.2 Å². The smallest absolute Gasteiger partial charge is 0.345 e. The van der Waals surface area contributed by atoms with Crippen LogP contribution in [0.15, 0.2) is 6.07 Å². The molecule has 1 aliphatic heterocycles. The van der Waals surface area contributed by atoms with Gasteiger partial charge in [0.05, 0.1) is 6.61 Å². The highest BCUT2D eigenvalue weighted by atomic mass is 19.3. The van der Waals surface area contributed by atoms with Gasteiger partial charge in [0, 0.05) is 56.2 Å². The maximum atomic E-state index is 12.4. The van der Waals surface area contributed by atoms with E-state index in [1.807, 2.05) is 6.07 Å². The number of nitrogens with zero attached hydrogens (tertiary/aromatic N) is 4. The first-order valence-electron chi connectivity index (χ1n) is 13.1. The third-order valence-corrected chi connectivity index (χ3v) is 7.06. The normalized spacial score (nSPS) is 22.3. The summed E-state index contributed by atoms with van der Waals surface area (Å²) in [4.78, 5) is 25.7. The Morgan fingerprint density at radius 1 is 1.14 bits per heavy atom. The van der Waals surface area contributed by atoms with E-state index in [9.17, 15) is 13.6 Å². The Balaban J connectivity index is 1.54. The summed E-state index contributed by atoms with van der Waals surface area (Å²) in [6.45, 7) is 9.97. The van der Waals surface area contributed by atoms with E-state index in [1.165, 1.54) is 19.3 Å². The lowest BCUT2D eigenvalue weighted by Crippen LogP contribution is -2.37. The van der Waals surface area contributed by atoms with E-state index in [-0.39, 0.29) is 17.9 Å². The predicted molar refractivity (Wildman–Crippen MR) is 134 cm³/mol. The van der Waals surface area contributed by atoms with Crippen LogP contribution in [-0.4, -0.2) is 72.8 Å². The summed E-state index contributed by atoms with van der Waals surface area (Å²) in [6.07, 6.45) is 7.18. The van der Waals surface area contributed by atoms with Crippen molar-refractivity contribution in [3.05, 3.63) is 17.6 Å². The van der Waals surface area contributed by atoms with Crippen LogP contribution in [0.25, 0.3) is 0 Å². The molecule has 1 saturated carbocycles. The summed E-state index contributed by atoms with van der Waals surface area (Å²) < 4.78 is 29.3. The molecular formula is C26H43F2N5O2. The highest BCUT2D eigenvalue weighted by molar-refractivity contribution is 5.73. The first-order valence-corrected chi connectivity index (χ1v) is 13.1. The number of anilines is 1. The fraction of sp³-hybridized carbons (Fsp3) is 0.808. The molecule has 1 N–H and O–H groups in total. The number of amides is 1. The van der Waals surface area contributed by atoms with E-state index in [2.05, 4.69) is 45.6 Å². The average Bonchev–Trinajstić information content (AvgIpc) is 3.03. The lowest BCUT2D eigenvalue weighted by atomic mass is 9.84. The lowest BCUT2D eigenvalue weighted by Gasteiger charge is -2.30. The number of hydrogen-bond acceptors (Lipinski definition) is 6. The molecule has 1 saturated heterocycles. The summed E-state index contributed by atoms with van der Waals surface area (Å²) in [5.74, 6) is 2.44. The molecule has 2 fully saturated rings. The maximum Gasteiger partial charge on any atom is 0.345 e. The Bertz CT molecular complexity index is 809. The van der Waals surface area contributed by atoms with Crippen molar-refractivity contribution in [3.63, 3.8) is 0 Å². The Morgan fingerprint density at radius 3 is 2.54 bits per heavy atom. The molecule has 1 aromatic rings. The van der Waals surface area contributed by atoms with E-state index in [0.29, 0.717) is 12.5 Å². The van der Waals surface area contributed by atoms with Gasteiger partial charge in [-0.2, -0.15) is 8.78 Å². The molecule has 0 aromatic carbocycles. The lowest BCUT2D eigenvalue weighted by molar-refractivity contribution is -0.127. The molecule has 9 heteroatoms. The highest BCUT2D eigenvalue weighted by Gasteiger charge is 2.24. The fourth-order valence-electron chi connectivity index (χ4n) is 5.03. The zero-order chi connectivity index (χ0) is 25.4. The Hall–Kier alpha value is -1.87. The van der Waals surface area contributed by atoms with E-state index in [1.54, 1.807) is 6.92 Å². The molecule has 3 rings (SSSR count). The third-order valence-electron chi connectivity index (χ3n) is 7.06. The number of hydrogen-bond donors (Lipinski definition) is 1. The number of carbonyl (C=O) groups is 1. The fourth-order valence-corrected chi connectivity index (χ4v) is 5.03. The van der Waals surface area contributed by atoms with Crippen LogP contribution in [0, 0.1) is 5.92 Å². The van der Waals surface area contributed by atoms with Gasteiger partial charge in [0.1, 0.15) is 11.6 Å². The first kappa shape index (κ1) is 27.7. The highest BCUT2D eigenvalue weighted by Crippen LogP contribution is 2.28. The second-order valence-corrected chi connectivity index (χ2v) is 11.1. The Kier molecular flexibility index (Phi) is 10.2. The molecule has 0 bridgehead atoms. The molecule has 1 aromatic heterocycles. The minimum absolute atomic E-state index is 0.0573.